The molecule has 3 aromatic rings. The molecule has 7 nitrogen and oxygen atoms in total. The number of benzene rings is 1. The Labute approximate surface area is 204 Å². The molecule has 1 aromatic carbocycles. The molecule has 8 heteroatoms. The standard InChI is InChI=1S/C10H20N2O.C8H4BrN3O.C7H8/c1-12(8-7-11-9-13)10-5-3-2-4-6-10;9-7-5-1-4(2-10)13-6(5)3-12-8(7)11;1-7-5-3-2-4-6-7/h9-10H,2-8H2,1H3,(H,11,13);1,3H,(H2,11,12);2-6H,1H3. The van der Waals surface area contributed by atoms with E-state index in [1.54, 1.807) is 6.07 Å². The number of hydrogen-bond acceptors (Lipinski definition) is 6. The highest BCUT2D eigenvalue weighted by molar-refractivity contribution is 9.10. The largest absolute Gasteiger partial charge is 0.444 e. The van der Waals surface area contributed by atoms with Crippen LogP contribution in [0.2, 0.25) is 0 Å². The molecule has 176 valence electrons. The van der Waals surface area contributed by atoms with E-state index < -0.39 is 0 Å². The minimum Gasteiger partial charge on any atom is -0.444 e. The van der Waals surface area contributed by atoms with Crippen LogP contribution < -0.4 is 11.1 Å². The van der Waals surface area contributed by atoms with Crippen LogP contribution in [-0.4, -0.2) is 42.5 Å². The fraction of sp³-hybridized carbons (Fsp3) is 0.400. The molecule has 1 saturated carbocycles. The fourth-order valence-corrected chi connectivity index (χ4v) is 4.00. The number of furan rings is 1. The van der Waals surface area contributed by atoms with E-state index in [9.17, 15) is 4.79 Å². The second-order valence-corrected chi connectivity index (χ2v) is 8.75. The molecule has 0 radical (unpaired) electrons. The monoisotopic (exact) mass is 513 g/mol. The number of carbonyl (C=O) groups is 1. The van der Waals surface area contributed by atoms with E-state index in [1.807, 2.05) is 24.3 Å². The van der Waals surface area contributed by atoms with Crippen LogP contribution in [0.15, 0.2) is 51.5 Å². The van der Waals surface area contributed by atoms with Crippen LogP contribution in [0.1, 0.15) is 43.4 Å². The number of fused-ring (bicyclic) bond motifs is 1. The number of carbonyl (C=O) groups excluding carboxylic acids is 1. The molecule has 33 heavy (non-hydrogen) atoms. The second kappa shape index (κ2) is 14.3. The van der Waals surface area contributed by atoms with E-state index >= 15 is 0 Å². The van der Waals surface area contributed by atoms with Crippen molar-refractivity contribution in [2.24, 2.45) is 0 Å². The zero-order valence-electron chi connectivity index (χ0n) is 19.3. The van der Waals surface area contributed by atoms with Crippen LogP contribution in [0, 0.1) is 18.3 Å². The summed E-state index contributed by atoms with van der Waals surface area (Å²) in [5.41, 5.74) is 7.43. The number of hydrogen-bond donors (Lipinski definition) is 2. The number of aromatic nitrogens is 1. The number of anilines is 1. The zero-order valence-corrected chi connectivity index (χ0v) is 20.8. The van der Waals surface area contributed by atoms with Gasteiger partial charge in [0.25, 0.3) is 0 Å². The number of nitrogens with one attached hydrogen (secondary N) is 1. The summed E-state index contributed by atoms with van der Waals surface area (Å²) in [4.78, 5) is 16.3. The first kappa shape index (κ1) is 26.4. The molecule has 0 spiro atoms. The summed E-state index contributed by atoms with van der Waals surface area (Å²) < 4.78 is 5.81. The summed E-state index contributed by atoms with van der Waals surface area (Å²) in [7, 11) is 2.16. The number of pyridine rings is 1. The first-order valence-corrected chi connectivity index (χ1v) is 11.9. The van der Waals surface area contributed by atoms with Crippen molar-refractivity contribution < 1.29 is 9.21 Å². The normalized spacial score (nSPS) is 13.3. The highest BCUT2D eigenvalue weighted by atomic mass is 79.9. The summed E-state index contributed by atoms with van der Waals surface area (Å²) in [5.74, 6) is 0.640. The Morgan fingerprint density at radius 3 is 2.58 bits per heavy atom. The van der Waals surface area contributed by atoms with Gasteiger partial charge in [0, 0.05) is 30.6 Å². The Kier molecular flexibility index (Phi) is 11.4. The van der Waals surface area contributed by atoms with Crippen LogP contribution in [0.3, 0.4) is 0 Å². The van der Waals surface area contributed by atoms with Crippen LogP contribution in [0.25, 0.3) is 11.0 Å². The molecule has 1 aliphatic rings. The number of halogens is 1. The van der Waals surface area contributed by atoms with E-state index in [2.05, 4.69) is 57.2 Å². The number of nitrogens with zero attached hydrogens (tertiary/aromatic N) is 3. The van der Waals surface area contributed by atoms with E-state index in [4.69, 9.17) is 15.4 Å². The highest BCUT2D eigenvalue weighted by Crippen LogP contribution is 2.29. The maximum Gasteiger partial charge on any atom is 0.207 e. The van der Waals surface area contributed by atoms with Gasteiger partial charge < -0.3 is 20.4 Å². The topological polar surface area (TPSA) is 108 Å². The lowest BCUT2D eigenvalue weighted by molar-refractivity contribution is -0.109. The Morgan fingerprint density at radius 1 is 1.30 bits per heavy atom. The van der Waals surface area contributed by atoms with Crippen LogP contribution >= 0.6 is 15.9 Å². The molecule has 0 unspecified atom stereocenters. The van der Waals surface area contributed by atoms with E-state index in [0.29, 0.717) is 15.9 Å². The summed E-state index contributed by atoms with van der Waals surface area (Å²) in [6, 6.07) is 14.5. The Hall–Kier alpha value is -2.89. The number of likely N-dealkylation sites (N-methyl/N-ethyl adjacent to an activating group) is 1. The van der Waals surface area contributed by atoms with Gasteiger partial charge in [0.1, 0.15) is 11.9 Å². The summed E-state index contributed by atoms with van der Waals surface area (Å²) in [6.07, 6.45) is 9.07. The van der Waals surface area contributed by atoms with E-state index in [-0.39, 0.29) is 5.76 Å². The summed E-state index contributed by atoms with van der Waals surface area (Å²) >= 11 is 3.27. The van der Waals surface area contributed by atoms with Crippen LogP contribution in [-0.2, 0) is 4.79 Å². The maximum atomic E-state index is 10.0. The van der Waals surface area contributed by atoms with Crippen molar-refractivity contribution in [2.45, 2.75) is 45.1 Å². The van der Waals surface area contributed by atoms with Gasteiger partial charge in [0.05, 0.1) is 10.7 Å². The zero-order chi connectivity index (χ0) is 24.1. The average Bonchev–Trinajstić information content (AvgIpc) is 3.28. The molecule has 3 N–H and O–H groups in total. The first-order chi connectivity index (χ1) is 16.0. The molecule has 1 fully saturated rings. The maximum absolute atomic E-state index is 10.0. The van der Waals surface area contributed by atoms with Gasteiger partial charge in [-0.1, -0.05) is 55.2 Å². The lowest BCUT2D eigenvalue weighted by Crippen LogP contribution is -2.37. The van der Waals surface area contributed by atoms with Crippen molar-refractivity contribution in [2.75, 3.05) is 25.9 Å². The average molecular weight is 514 g/mol. The van der Waals surface area contributed by atoms with Crippen molar-refractivity contribution in [3.8, 4) is 6.07 Å². The Bertz CT molecular complexity index is 1030. The number of nitrogen functional groups attached to an aromatic ring is 1. The van der Waals surface area contributed by atoms with Crippen LogP contribution in [0.5, 0.6) is 0 Å². The molecule has 0 atom stereocenters. The molecule has 1 amide bonds. The number of nitriles is 1. The summed E-state index contributed by atoms with van der Waals surface area (Å²) in [6.45, 7) is 3.83. The van der Waals surface area contributed by atoms with Crippen LogP contribution in [0.4, 0.5) is 5.82 Å². The molecular weight excluding hydrogens is 482 g/mol. The van der Waals surface area contributed by atoms with Gasteiger partial charge >= 0.3 is 0 Å². The van der Waals surface area contributed by atoms with Gasteiger partial charge in [-0.3, -0.25) is 4.79 Å². The molecule has 4 rings (SSSR count). The van der Waals surface area contributed by atoms with Gasteiger partial charge in [0.2, 0.25) is 12.2 Å². The van der Waals surface area contributed by atoms with Crippen molar-refractivity contribution >= 4 is 39.1 Å². The summed E-state index contributed by atoms with van der Waals surface area (Å²) in [5, 5.41) is 12.1. The fourth-order valence-electron chi connectivity index (χ4n) is 3.59. The third-order valence-electron chi connectivity index (χ3n) is 5.48. The van der Waals surface area contributed by atoms with Gasteiger partial charge in [-0.2, -0.15) is 5.26 Å². The predicted octanol–water partition coefficient (Wildman–Crippen LogP) is 5.04. The highest BCUT2D eigenvalue weighted by Gasteiger charge is 2.16. The minimum atomic E-state index is 0.253. The van der Waals surface area contributed by atoms with E-state index in [1.165, 1.54) is 43.9 Å². The molecule has 2 heterocycles. The molecular formula is C25H32BrN5O2. The van der Waals surface area contributed by atoms with E-state index in [0.717, 1.165) is 30.9 Å². The van der Waals surface area contributed by atoms with Crippen molar-refractivity contribution in [3.63, 3.8) is 0 Å². The third-order valence-corrected chi connectivity index (χ3v) is 6.32. The van der Waals surface area contributed by atoms with Gasteiger partial charge in [-0.25, -0.2) is 4.98 Å². The SMILES string of the molecule is CN(CCNC=O)C1CCCCC1.Cc1ccccc1.N#Cc1cc2c(Br)c(N)ncc2o1. The van der Waals surface area contributed by atoms with Gasteiger partial charge in [-0.15, -0.1) is 0 Å². The van der Waals surface area contributed by atoms with Gasteiger partial charge in [0.15, 0.2) is 5.58 Å². The number of amides is 1. The first-order valence-electron chi connectivity index (χ1n) is 11.1. The molecule has 0 saturated heterocycles. The molecule has 0 bridgehead atoms. The lowest BCUT2D eigenvalue weighted by atomic mass is 9.94. The molecule has 2 aromatic heterocycles. The third kappa shape index (κ3) is 8.87. The minimum absolute atomic E-state index is 0.253. The number of nitrogens with two attached hydrogens (primary N) is 1. The smallest absolute Gasteiger partial charge is 0.207 e. The van der Waals surface area contributed by atoms with Crippen molar-refractivity contribution in [1.82, 2.24) is 15.2 Å². The van der Waals surface area contributed by atoms with Gasteiger partial charge in [-0.05, 0) is 42.7 Å². The lowest BCUT2D eigenvalue weighted by Gasteiger charge is -2.30. The second-order valence-electron chi connectivity index (χ2n) is 7.96. The quantitative estimate of drug-likeness (QED) is 0.365. The Balaban J connectivity index is 0.000000184. The number of rotatable bonds is 5. The molecule has 1 aliphatic carbocycles. The number of aryl methyl sites for hydroxylation is 1. The predicted molar refractivity (Wildman–Crippen MR) is 136 cm³/mol. The van der Waals surface area contributed by atoms with Crippen molar-refractivity contribution in [1.29, 1.82) is 5.26 Å². The Morgan fingerprint density at radius 2 is 2.00 bits per heavy atom. The van der Waals surface area contributed by atoms with Crippen molar-refractivity contribution in [3.05, 3.63) is 58.4 Å². The molecule has 0 aliphatic heterocycles.